The molecule has 8 heteroatoms. The molecule has 0 spiro atoms. The fourth-order valence-corrected chi connectivity index (χ4v) is 2.39. The molecular formula is C21H25ClN3O3Pt-2. The Morgan fingerprint density at radius 1 is 0.793 bits per heavy atom. The largest absolute Gasteiger partial charge is 0.693 e. The van der Waals surface area contributed by atoms with Gasteiger partial charge in [0, 0.05) is 17.0 Å². The van der Waals surface area contributed by atoms with Gasteiger partial charge in [-0.25, -0.2) is 4.79 Å². The van der Waals surface area contributed by atoms with E-state index in [0.29, 0.717) is 5.56 Å². The van der Waals surface area contributed by atoms with Crippen LogP contribution in [-0.2, 0) is 18.8 Å². The third kappa shape index (κ3) is 8.69. The third-order valence-corrected chi connectivity index (χ3v) is 3.52. The van der Waals surface area contributed by atoms with Gasteiger partial charge in [0.2, 0.25) is 0 Å². The summed E-state index contributed by atoms with van der Waals surface area (Å²) in [5.41, 5.74) is 1.39. The van der Waals surface area contributed by atoms with Crippen molar-refractivity contribution in [2.24, 2.45) is 0 Å². The molecule has 4 rings (SSSR count). The van der Waals surface area contributed by atoms with Crippen molar-refractivity contribution in [3.63, 3.8) is 0 Å². The van der Waals surface area contributed by atoms with Crippen LogP contribution >= 0.6 is 9.42 Å². The fraction of sp³-hybridized carbons (Fsp3) is 0.0476. The molecule has 0 saturated carbocycles. The van der Waals surface area contributed by atoms with Gasteiger partial charge < -0.3 is 22.9 Å². The number of fused-ring (bicyclic) bond motifs is 3. The first-order valence-corrected chi connectivity index (χ1v) is 10.2. The van der Waals surface area contributed by atoms with Gasteiger partial charge in [-0.05, 0) is 23.6 Å². The van der Waals surface area contributed by atoms with E-state index in [2.05, 4.69) is 44.7 Å². The first-order chi connectivity index (χ1) is 12.3. The zero-order valence-electron chi connectivity index (χ0n) is 14.7. The summed E-state index contributed by atoms with van der Waals surface area (Å²) in [6.07, 6.45) is 1.93. The molecule has 0 fully saturated rings. The molecule has 3 aromatic carbocycles. The Bertz CT molecular complexity index is 918. The van der Waals surface area contributed by atoms with Crippen LogP contribution in [0.4, 0.5) is 0 Å². The van der Waals surface area contributed by atoms with Crippen molar-refractivity contribution in [1.82, 2.24) is 4.98 Å². The number of carbonyl (C=O) groups is 1. The van der Waals surface area contributed by atoms with E-state index in [1.54, 1.807) is 49.1 Å². The zero-order valence-corrected chi connectivity index (χ0v) is 17.8. The number of hydrogen-bond donors (Lipinski definition) is 1. The number of hydrogen-bond acceptors (Lipinski definition) is 2. The number of rotatable bonds is 1. The third-order valence-electron chi connectivity index (χ3n) is 3.52. The summed E-state index contributed by atoms with van der Waals surface area (Å²) in [4.78, 5) is 14.6. The Kier molecular flexibility index (Phi) is 17.9. The summed E-state index contributed by atoms with van der Waals surface area (Å²) < 4.78 is 0. The molecular weight excluding hydrogens is 573 g/mol. The number of halogens is 1. The number of aromatic carboxylic acids is 1. The van der Waals surface area contributed by atoms with E-state index in [4.69, 9.17) is 5.11 Å². The van der Waals surface area contributed by atoms with E-state index in [1.807, 2.05) is 24.4 Å². The van der Waals surface area contributed by atoms with Crippen molar-refractivity contribution in [1.29, 1.82) is 0 Å². The van der Waals surface area contributed by atoms with E-state index >= 15 is 0 Å². The first kappa shape index (κ1) is 31.4. The van der Waals surface area contributed by atoms with Crippen LogP contribution in [-0.4, -0.2) is 21.5 Å². The van der Waals surface area contributed by atoms with Crippen molar-refractivity contribution in [2.75, 3.05) is 0 Å². The molecule has 7 N–H and O–H groups in total. The average Bonchev–Trinajstić information content (AvgIpc) is 2.70. The molecule has 0 atom stereocenters. The predicted molar refractivity (Wildman–Crippen MR) is 119 cm³/mol. The molecule has 4 aromatic rings. The van der Waals surface area contributed by atoms with Crippen molar-refractivity contribution in [3.8, 4) is 0 Å². The Morgan fingerprint density at radius 3 is 1.83 bits per heavy atom. The van der Waals surface area contributed by atoms with E-state index in [-0.39, 0.29) is 25.2 Å². The standard InChI is InChI=1S/C13H9N.C7H6O2.CH4.ClH.2H2N.H2O.Pt/c1-2-6-11-10(5-1)9-14-13-8-4-3-7-12(11)13;8-7(9)6-4-2-1-3-5-6;;;;;;/h1-9H;1-5H,(H,8,9);1H4;1H;3*1H2;/q;;;;2*-1;;+1/p-1. The van der Waals surface area contributed by atoms with Crippen molar-refractivity contribution in [3.05, 3.63) is 103 Å². The van der Waals surface area contributed by atoms with Crippen LogP contribution in [0.15, 0.2) is 85.1 Å². The van der Waals surface area contributed by atoms with Gasteiger partial charge in [-0.3, -0.25) is 4.98 Å². The van der Waals surface area contributed by atoms with E-state index in [1.165, 1.54) is 16.2 Å². The molecule has 161 valence electrons. The first-order valence-electron chi connectivity index (χ1n) is 7.38. The molecule has 0 bridgehead atoms. The van der Waals surface area contributed by atoms with Gasteiger partial charge in [0.25, 0.3) is 0 Å². The van der Waals surface area contributed by atoms with E-state index in [9.17, 15) is 4.79 Å². The molecule has 0 radical (unpaired) electrons. The minimum atomic E-state index is -0.879. The molecule has 0 saturated heterocycles. The smallest absolute Gasteiger partial charge is 0.0708 e. The maximum atomic E-state index is 10.2. The molecule has 1 aromatic heterocycles. The Hall–Kier alpha value is -2.34. The van der Waals surface area contributed by atoms with Gasteiger partial charge in [0.05, 0.1) is 11.1 Å². The molecule has 0 amide bonds. The van der Waals surface area contributed by atoms with Gasteiger partial charge in [-0.2, -0.15) is 0 Å². The Labute approximate surface area is 186 Å². The van der Waals surface area contributed by atoms with Crippen LogP contribution < -0.4 is 0 Å². The van der Waals surface area contributed by atoms with Crippen LogP contribution in [0.1, 0.15) is 17.8 Å². The van der Waals surface area contributed by atoms with Crippen molar-refractivity contribution < 1.29 is 34.2 Å². The summed E-state index contributed by atoms with van der Waals surface area (Å²) in [6, 6.07) is 24.9. The van der Waals surface area contributed by atoms with Crippen molar-refractivity contribution >= 4 is 37.1 Å². The summed E-state index contributed by atoms with van der Waals surface area (Å²) in [6.45, 7) is 0. The molecule has 1 heterocycles. The van der Waals surface area contributed by atoms with E-state index < -0.39 is 5.97 Å². The van der Waals surface area contributed by atoms with Gasteiger partial charge >= 0.3 is 34.2 Å². The Balaban J connectivity index is -0.000000404. The number of nitrogens with zero attached hydrogens (tertiary/aromatic N) is 1. The topological polar surface area (TPSA) is 149 Å². The van der Waals surface area contributed by atoms with Crippen LogP contribution in [0.2, 0.25) is 0 Å². The molecule has 29 heavy (non-hydrogen) atoms. The number of benzene rings is 3. The van der Waals surface area contributed by atoms with E-state index in [0.717, 1.165) is 5.52 Å². The van der Waals surface area contributed by atoms with Gasteiger partial charge in [0.15, 0.2) is 0 Å². The normalized spacial score (nSPS) is 8.24. The molecule has 0 aliphatic heterocycles. The average molecular weight is 598 g/mol. The number of nitrogens with two attached hydrogens (primary N) is 2. The van der Waals surface area contributed by atoms with Crippen LogP contribution in [0.3, 0.4) is 0 Å². The molecule has 0 aliphatic rings. The maximum Gasteiger partial charge on any atom is 0.0708 e. The van der Waals surface area contributed by atoms with Crippen LogP contribution in [0.5, 0.6) is 0 Å². The molecule has 6 nitrogen and oxygen atoms in total. The second-order valence-electron chi connectivity index (χ2n) is 5.03. The maximum absolute atomic E-state index is 10.2. The Morgan fingerprint density at radius 2 is 1.28 bits per heavy atom. The van der Waals surface area contributed by atoms with Crippen molar-refractivity contribution in [2.45, 2.75) is 7.43 Å². The second kappa shape index (κ2) is 16.6. The minimum absolute atomic E-state index is 0. The summed E-state index contributed by atoms with van der Waals surface area (Å²) >= 11 is 1.61. The SMILES string of the molecule is C.O.O=C(O)c1ccccc1.[Cl][Pt].[NH2-].[NH2-].c1ccc2c(c1)cnc1ccccc12. The minimum Gasteiger partial charge on any atom is -0.693 e. The number of aromatic nitrogens is 1. The molecule has 0 unspecified atom stereocenters. The summed E-state index contributed by atoms with van der Waals surface area (Å²) in [7, 11) is 4.61. The number of pyridine rings is 1. The number of carboxylic acids is 1. The van der Waals surface area contributed by atoms with Crippen LogP contribution in [0, 0.1) is 0 Å². The van der Waals surface area contributed by atoms with Crippen LogP contribution in [0.25, 0.3) is 34.0 Å². The van der Waals surface area contributed by atoms with Gasteiger partial charge in [0.1, 0.15) is 0 Å². The monoisotopic (exact) mass is 597 g/mol. The quantitative estimate of drug-likeness (QED) is 0.243. The van der Waals surface area contributed by atoms with Gasteiger partial charge in [-0.1, -0.05) is 68.1 Å². The predicted octanol–water partition coefficient (Wildman–Crippen LogP) is 6.71. The zero-order chi connectivity index (χ0) is 18.1. The van der Waals surface area contributed by atoms with Gasteiger partial charge in [-0.15, -0.1) is 0 Å². The fourth-order valence-electron chi connectivity index (χ4n) is 2.39. The second-order valence-corrected chi connectivity index (χ2v) is 5.03. The number of carboxylic acid groups (broad SMARTS) is 1. The molecule has 0 aliphatic carbocycles. The summed E-state index contributed by atoms with van der Waals surface area (Å²) in [5, 5.41) is 12.1. The summed E-state index contributed by atoms with van der Waals surface area (Å²) in [5.74, 6) is -0.879. The number of para-hydroxylation sites is 1.